The molecule has 1 heterocycles. The van der Waals surface area contributed by atoms with Crippen LogP contribution in [0.2, 0.25) is 0 Å². The van der Waals surface area contributed by atoms with Gasteiger partial charge in [-0.1, -0.05) is 17.7 Å². The second-order valence-corrected chi connectivity index (χ2v) is 8.05. The Bertz CT molecular complexity index is 653. The number of piperazine rings is 1. The zero-order valence-corrected chi connectivity index (χ0v) is 15.8. The fraction of sp³-hybridized carbons (Fsp3) is 0.588. The van der Waals surface area contributed by atoms with Crippen molar-refractivity contribution in [2.75, 3.05) is 52.9 Å². The zero-order valence-electron chi connectivity index (χ0n) is 15.0. The van der Waals surface area contributed by atoms with Crippen LogP contribution in [0.25, 0.3) is 0 Å². The second-order valence-electron chi connectivity index (χ2n) is 6.29. The molecule has 1 aromatic rings. The molecule has 1 saturated heterocycles. The van der Waals surface area contributed by atoms with Gasteiger partial charge in [0.2, 0.25) is 15.9 Å². The summed E-state index contributed by atoms with van der Waals surface area (Å²) in [7, 11) is -1.62. The third-order valence-electron chi connectivity index (χ3n) is 4.37. The predicted molar refractivity (Wildman–Crippen MR) is 97.9 cm³/mol. The fourth-order valence-electron chi connectivity index (χ4n) is 2.75. The Balaban J connectivity index is 1.72. The van der Waals surface area contributed by atoms with Gasteiger partial charge in [-0.25, -0.2) is 13.1 Å². The van der Waals surface area contributed by atoms with Crippen molar-refractivity contribution in [3.63, 3.8) is 0 Å². The minimum absolute atomic E-state index is 0.175. The zero-order chi connectivity index (χ0) is 18.3. The Morgan fingerprint density at radius 1 is 1.08 bits per heavy atom. The van der Waals surface area contributed by atoms with Crippen LogP contribution in [0.4, 0.5) is 0 Å². The van der Waals surface area contributed by atoms with Crippen LogP contribution < -0.4 is 10.0 Å². The highest BCUT2D eigenvalue weighted by atomic mass is 32.2. The largest absolute Gasteiger partial charge is 0.340 e. The molecule has 0 bridgehead atoms. The first-order chi connectivity index (χ1) is 11.9. The molecule has 0 atom stereocenters. The molecule has 0 aliphatic carbocycles. The number of carbonyl (C=O) groups is 1. The van der Waals surface area contributed by atoms with E-state index in [2.05, 4.69) is 14.9 Å². The van der Waals surface area contributed by atoms with E-state index in [0.717, 1.165) is 18.7 Å². The van der Waals surface area contributed by atoms with Crippen molar-refractivity contribution in [1.82, 2.24) is 19.8 Å². The number of sulfonamides is 1. The molecule has 0 radical (unpaired) electrons. The van der Waals surface area contributed by atoms with Crippen molar-refractivity contribution in [2.24, 2.45) is 0 Å². The van der Waals surface area contributed by atoms with Crippen molar-refractivity contribution < 1.29 is 13.2 Å². The summed E-state index contributed by atoms with van der Waals surface area (Å²) in [5.41, 5.74) is 1.03. The SMILES string of the molecule is CNCCC(=O)N1CCN(CCNS(=O)(=O)c2ccc(C)cc2)CC1. The molecule has 0 saturated carbocycles. The molecule has 2 N–H and O–H groups in total. The van der Waals surface area contributed by atoms with E-state index in [0.29, 0.717) is 39.1 Å². The average Bonchev–Trinajstić information content (AvgIpc) is 2.60. The van der Waals surface area contributed by atoms with Crippen molar-refractivity contribution >= 4 is 15.9 Å². The molecule has 0 spiro atoms. The highest BCUT2D eigenvalue weighted by molar-refractivity contribution is 7.89. The van der Waals surface area contributed by atoms with E-state index in [4.69, 9.17) is 0 Å². The maximum atomic E-state index is 12.2. The van der Waals surface area contributed by atoms with Gasteiger partial charge in [0.25, 0.3) is 0 Å². The van der Waals surface area contributed by atoms with E-state index in [-0.39, 0.29) is 10.8 Å². The number of amides is 1. The van der Waals surface area contributed by atoms with Crippen molar-refractivity contribution in [1.29, 1.82) is 0 Å². The van der Waals surface area contributed by atoms with Gasteiger partial charge in [0, 0.05) is 52.2 Å². The molecule has 2 rings (SSSR count). The van der Waals surface area contributed by atoms with Gasteiger partial charge in [-0.15, -0.1) is 0 Å². The van der Waals surface area contributed by atoms with Crippen LogP contribution >= 0.6 is 0 Å². The maximum absolute atomic E-state index is 12.2. The van der Waals surface area contributed by atoms with Gasteiger partial charge >= 0.3 is 0 Å². The molecule has 25 heavy (non-hydrogen) atoms. The molecule has 7 nitrogen and oxygen atoms in total. The van der Waals surface area contributed by atoms with E-state index in [1.807, 2.05) is 18.9 Å². The normalized spacial score (nSPS) is 16.2. The Morgan fingerprint density at radius 3 is 2.32 bits per heavy atom. The number of carbonyl (C=O) groups excluding carboxylic acids is 1. The van der Waals surface area contributed by atoms with Gasteiger partial charge in [-0.3, -0.25) is 9.69 Å². The number of aryl methyl sites for hydroxylation is 1. The maximum Gasteiger partial charge on any atom is 0.240 e. The highest BCUT2D eigenvalue weighted by Crippen LogP contribution is 2.09. The number of nitrogens with one attached hydrogen (secondary N) is 2. The van der Waals surface area contributed by atoms with Gasteiger partial charge in [0.15, 0.2) is 0 Å². The standard InChI is InChI=1S/C17H28N4O3S/c1-15-3-5-16(6-4-15)25(23,24)19-9-10-20-11-13-21(14-12-20)17(22)7-8-18-2/h3-6,18-19H,7-14H2,1-2H3. The van der Waals surface area contributed by atoms with E-state index >= 15 is 0 Å². The van der Waals surface area contributed by atoms with Gasteiger partial charge in [-0.2, -0.15) is 0 Å². The summed E-state index contributed by atoms with van der Waals surface area (Å²) in [6.07, 6.45) is 0.521. The van der Waals surface area contributed by atoms with E-state index in [1.165, 1.54) is 0 Å². The summed E-state index contributed by atoms with van der Waals surface area (Å²) in [6.45, 7) is 6.58. The third kappa shape index (κ3) is 6.07. The van der Waals surface area contributed by atoms with Crippen LogP contribution in [0, 0.1) is 6.92 Å². The lowest BCUT2D eigenvalue weighted by Crippen LogP contribution is -2.50. The van der Waals surface area contributed by atoms with Crippen LogP contribution in [0.5, 0.6) is 0 Å². The van der Waals surface area contributed by atoms with Crippen LogP contribution in [0.15, 0.2) is 29.2 Å². The second kappa shape index (κ2) is 9.28. The quantitative estimate of drug-likeness (QED) is 0.676. The molecule has 140 valence electrons. The first-order valence-electron chi connectivity index (χ1n) is 8.63. The molecule has 8 heteroatoms. The van der Waals surface area contributed by atoms with Crippen LogP contribution in [-0.4, -0.2) is 77.0 Å². The van der Waals surface area contributed by atoms with E-state index in [9.17, 15) is 13.2 Å². The molecule has 1 aliphatic rings. The molecule has 1 fully saturated rings. The molecule has 1 amide bonds. The minimum atomic E-state index is -3.46. The average molecular weight is 369 g/mol. The van der Waals surface area contributed by atoms with Gasteiger partial charge in [0.05, 0.1) is 4.90 Å². The van der Waals surface area contributed by atoms with Crippen molar-refractivity contribution in [2.45, 2.75) is 18.2 Å². The lowest BCUT2D eigenvalue weighted by atomic mass is 10.2. The van der Waals surface area contributed by atoms with Crippen molar-refractivity contribution in [3.8, 4) is 0 Å². The Labute approximate surface area is 150 Å². The summed E-state index contributed by atoms with van der Waals surface area (Å²) in [5.74, 6) is 0.175. The number of nitrogens with zero attached hydrogens (tertiary/aromatic N) is 2. The topological polar surface area (TPSA) is 81.8 Å². The molecule has 0 unspecified atom stereocenters. The lowest BCUT2D eigenvalue weighted by Gasteiger charge is -2.34. The van der Waals surface area contributed by atoms with Crippen LogP contribution in [-0.2, 0) is 14.8 Å². The third-order valence-corrected chi connectivity index (χ3v) is 5.84. The summed E-state index contributed by atoms with van der Waals surface area (Å²) in [6, 6.07) is 6.82. The Morgan fingerprint density at radius 2 is 1.72 bits per heavy atom. The van der Waals surface area contributed by atoms with E-state index in [1.54, 1.807) is 24.3 Å². The molecule has 1 aliphatic heterocycles. The fourth-order valence-corrected chi connectivity index (χ4v) is 3.77. The monoisotopic (exact) mass is 368 g/mol. The molecular weight excluding hydrogens is 340 g/mol. The molecule has 1 aromatic carbocycles. The Kier molecular flexibility index (Phi) is 7.37. The first-order valence-corrected chi connectivity index (χ1v) is 10.1. The highest BCUT2D eigenvalue weighted by Gasteiger charge is 2.21. The number of hydrogen-bond acceptors (Lipinski definition) is 5. The van der Waals surface area contributed by atoms with Crippen molar-refractivity contribution in [3.05, 3.63) is 29.8 Å². The lowest BCUT2D eigenvalue weighted by molar-refractivity contribution is -0.132. The van der Waals surface area contributed by atoms with Crippen LogP contribution in [0.3, 0.4) is 0 Å². The predicted octanol–water partition coefficient (Wildman–Crippen LogP) is 0.0270. The minimum Gasteiger partial charge on any atom is -0.340 e. The number of rotatable bonds is 8. The van der Waals surface area contributed by atoms with Gasteiger partial charge < -0.3 is 10.2 Å². The molecular formula is C17H28N4O3S. The number of hydrogen-bond donors (Lipinski definition) is 2. The summed E-state index contributed by atoms with van der Waals surface area (Å²) < 4.78 is 27.1. The number of benzene rings is 1. The Hall–Kier alpha value is -1.48. The molecule has 0 aromatic heterocycles. The van der Waals surface area contributed by atoms with Gasteiger partial charge in [-0.05, 0) is 26.1 Å². The first kappa shape index (κ1) is 19.8. The van der Waals surface area contributed by atoms with Gasteiger partial charge in [0.1, 0.15) is 0 Å². The smallest absolute Gasteiger partial charge is 0.240 e. The van der Waals surface area contributed by atoms with Crippen LogP contribution in [0.1, 0.15) is 12.0 Å². The summed E-state index contributed by atoms with van der Waals surface area (Å²) in [5, 5.41) is 2.98. The van der Waals surface area contributed by atoms with E-state index < -0.39 is 10.0 Å². The summed E-state index contributed by atoms with van der Waals surface area (Å²) in [4.78, 5) is 16.3. The summed E-state index contributed by atoms with van der Waals surface area (Å²) >= 11 is 0.